The Hall–Kier alpha value is -1.06. The average molecular weight is 297 g/mol. The molecule has 0 unspecified atom stereocenters. The highest BCUT2D eigenvalue weighted by atomic mass is 35.5. The SMILES string of the molecule is Cc1ccc(CCNC(=O)[C@H]2CCN[C@@H](C)C2)cc1.Cl. The number of hydrogen-bond donors (Lipinski definition) is 2. The summed E-state index contributed by atoms with van der Waals surface area (Å²) >= 11 is 0. The lowest BCUT2D eigenvalue weighted by molar-refractivity contribution is -0.126. The monoisotopic (exact) mass is 296 g/mol. The van der Waals surface area contributed by atoms with Gasteiger partial charge in [-0.3, -0.25) is 4.79 Å². The van der Waals surface area contributed by atoms with Crippen molar-refractivity contribution >= 4 is 18.3 Å². The number of carbonyl (C=O) groups excluding carboxylic acids is 1. The van der Waals surface area contributed by atoms with E-state index in [4.69, 9.17) is 0 Å². The third kappa shape index (κ3) is 5.14. The number of nitrogens with one attached hydrogen (secondary N) is 2. The molecule has 0 aliphatic carbocycles. The zero-order valence-electron chi connectivity index (χ0n) is 12.3. The number of carbonyl (C=O) groups is 1. The lowest BCUT2D eigenvalue weighted by Gasteiger charge is -2.27. The van der Waals surface area contributed by atoms with Crippen LogP contribution in [0.3, 0.4) is 0 Å². The molecule has 2 atom stereocenters. The maximum Gasteiger partial charge on any atom is 0.223 e. The average Bonchev–Trinajstić information content (AvgIpc) is 2.41. The summed E-state index contributed by atoms with van der Waals surface area (Å²) in [6.45, 7) is 5.92. The molecule has 1 aromatic rings. The second kappa shape index (κ2) is 8.28. The Balaban J connectivity index is 0.00000200. The van der Waals surface area contributed by atoms with E-state index < -0.39 is 0 Å². The van der Waals surface area contributed by atoms with E-state index in [9.17, 15) is 4.79 Å². The van der Waals surface area contributed by atoms with Gasteiger partial charge in [-0.2, -0.15) is 0 Å². The minimum absolute atomic E-state index is 0. The fourth-order valence-electron chi connectivity index (χ4n) is 2.60. The Kier molecular flexibility index (Phi) is 7.03. The number of hydrogen-bond acceptors (Lipinski definition) is 2. The van der Waals surface area contributed by atoms with Crippen LogP contribution < -0.4 is 10.6 Å². The first-order chi connectivity index (χ1) is 9.15. The van der Waals surface area contributed by atoms with Crippen LogP contribution >= 0.6 is 12.4 Å². The number of benzene rings is 1. The first-order valence-corrected chi connectivity index (χ1v) is 7.22. The molecule has 1 fully saturated rings. The van der Waals surface area contributed by atoms with Gasteiger partial charge in [-0.05, 0) is 45.2 Å². The molecule has 1 heterocycles. The van der Waals surface area contributed by atoms with Crippen LogP contribution in [-0.2, 0) is 11.2 Å². The Bertz CT molecular complexity index is 419. The fraction of sp³-hybridized carbons (Fsp3) is 0.562. The zero-order chi connectivity index (χ0) is 13.7. The molecule has 0 radical (unpaired) electrons. The molecule has 1 aromatic carbocycles. The van der Waals surface area contributed by atoms with Crippen molar-refractivity contribution < 1.29 is 4.79 Å². The van der Waals surface area contributed by atoms with E-state index in [-0.39, 0.29) is 24.2 Å². The van der Waals surface area contributed by atoms with Gasteiger partial charge in [0.2, 0.25) is 5.91 Å². The highest BCUT2D eigenvalue weighted by Crippen LogP contribution is 2.15. The first-order valence-electron chi connectivity index (χ1n) is 7.22. The van der Waals surface area contributed by atoms with Crippen molar-refractivity contribution in [3.05, 3.63) is 35.4 Å². The largest absolute Gasteiger partial charge is 0.356 e. The van der Waals surface area contributed by atoms with Gasteiger partial charge in [0.1, 0.15) is 0 Å². The second-order valence-electron chi connectivity index (χ2n) is 5.60. The zero-order valence-corrected chi connectivity index (χ0v) is 13.1. The van der Waals surface area contributed by atoms with Crippen LogP contribution in [0.2, 0.25) is 0 Å². The smallest absolute Gasteiger partial charge is 0.223 e. The van der Waals surface area contributed by atoms with Crippen molar-refractivity contribution in [1.82, 2.24) is 10.6 Å². The van der Waals surface area contributed by atoms with Gasteiger partial charge in [0.15, 0.2) is 0 Å². The summed E-state index contributed by atoms with van der Waals surface area (Å²) < 4.78 is 0. The summed E-state index contributed by atoms with van der Waals surface area (Å²) in [6.07, 6.45) is 2.82. The fourth-order valence-corrected chi connectivity index (χ4v) is 2.60. The third-order valence-corrected chi connectivity index (χ3v) is 3.83. The van der Waals surface area contributed by atoms with Gasteiger partial charge in [-0.25, -0.2) is 0 Å². The molecular formula is C16H25ClN2O. The number of rotatable bonds is 4. The highest BCUT2D eigenvalue weighted by molar-refractivity contribution is 5.85. The molecule has 3 nitrogen and oxygen atoms in total. The van der Waals surface area contributed by atoms with Crippen molar-refractivity contribution in [1.29, 1.82) is 0 Å². The maximum atomic E-state index is 12.0. The summed E-state index contributed by atoms with van der Waals surface area (Å²) in [6, 6.07) is 8.96. The molecule has 0 bridgehead atoms. The summed E-state index contributed by atoms with van der Waals surface area (Å²) in [7, 11) is 0. The number of piperidine rings is 1. The molecule has 1 aliphatic heterocycles. The quantitative estimate of drug-likeness (QED) is 0.896. The van der Waals surface area contributed by atoms with E-state index in [0.717, 1.165) is 32.4 Å². The number of halogens is 1. The van der Waals surface area contributed by atoms with Gasteiger partial charge in [0.25, 0.3) is 0 Å². The predicted octanol–water partition coefficient (Wildman–Crippen LogP) is 2.46. The van der Waals surface area contributed by atoms with E-state index in [2.05, 4.69) is 48.7 Å². The van der Waals surface area contributed by atoms with Crippen LogP contribution in [0.15, 0.2) is 24.3 Å². The van der Waals surface area contributed by atoms with Gasteiger partial charge < -0.3 is 10.6 Å². The molecule has 20 heavy (non-hydrogen) atoms. The summed E-state index contributed by atoms with van der Waals surface area (Å²) in [4.78, 5) is 12.0. The van der Waals surface area contributed by atoms with Gasteiger partial charge in [0.05, 0.1) is 0 Å². The molecule has 2 N–H and O–H groups in total. The van der Waals surface area contributed by atoms with E-state index >= 15 is 0 Å². The van der Waals surface area contributed by atoms with Crippen molar-refractivity contribution in [2.45, 2.75) is 39.2 Å². The van der Waals surface area contributed by atoms with Crippen LogP contribution in [-0.4, -0.2) is 25.0 Å². The van der Waals surface area contributed by atoms with E-state index in [0.29, 0.717) is 6.04 Å². The Labute approximate surface area is 127 Å². The molecule has 0 aromatic heterocycles. The summed E-state index contributed by atoms with van der Waals surface area (Å²) in [5, 5.41) is 6.44. The molecular weight excluding hydrogens is 272 g/mol. The van der Waals surface area contributed by atoms with Crippen molar-refractivity contribution in [3.8, 4) is 0 Å². The standard InChI is InChI=1S/C16H24N2O.ClH/c1-12-3-5-14(6-4-12)7-9-18-16(19)15-8-10-17-13(2)11-15;/h3-6,13,15,17H,7-11H2,1-2H3,(H,18,19);1H/t13-,15-;/m0./s1. The van der Waals surface area contributed by atoms with Crippen molar-refractivity contribution in [2.75, 3.05) is 13.1 Å². The van der Waals surface area contributed by atoms with Gasteiger partial charge in [0, 0.05) is 18.5 Å². The normalized spacial score (nSPS) is 21.9. The molecule has 4 heteroatoms. The van der Waals surface area contributed by atoms with Crippen molar-refractivity contribution in [2.24, 2.45) is 5.92 Å². The maximum absolute atomic E-state index is 12.0. The topological polar surface area (TPSA) is 41.1 Å². The molecule has 1 saturated heterocycles. The van der Waals surface area contributed by atoms with E-state index in [1.165, 1.54) is 11.1 Å². The molecule has 2 rings (SSSR count). The van der Waals surface area contributed by atoms with Gasteiger partial charge in [-0.15, -0.1) is 12.4 Å². The van der Waals surface area contributed by atoms with Gasteiger partial charge in [-0.1, -0.05) is 29.8 Å². The van der Waals surface area contributed by atoms with E-state index in [1.807, 2.05) is 0 Å². The van der Waals surface area contributed by atoms with Gasteiger partial charge >= 0.3 is 0 Å². The predicted molar refractivity (Wildman–Crippen MR) is 85.3 cm³/mol. The lowest BCUT2D eigenvalue weighted by atomic mass is 9.92. The van der Waals surface area contributed by atoms with Crippen LogP contribution in [0.25, 0.3) is 0 Å². The van der Waals surface area contributed by atoms with Crippen LogP contribution in [0.1, 0.15) is 30.9 Å². The number of amides is 1. The van der Waals surface area contributed by atoms with Crippen LogP contribution in [0, 0.1) is 12.8 Å². The van der Waals surface area contributed by atoms with E-state index in [1.54, 1.807) is 0 Å². The van der Waals surface area contributed by atoms with Crippen LogP contribution in [0.5, 0.6) is 0 Å². The highest BCUT2D eigenvalue weighted by Gasteiger charge is 2.24. The minimum Gasteiger partial charge on any atom is -0.356 e. The Morgan fingerprint density at radius 2 is 2.05 bits per heavy atom. The molecule has 0 saturated carbocycles. The molecule has 112 valence electrons. The lowest BCUT2D eigenvalue weighted by Crippen LogP contribution is -2.42. The Morgan fingerprint density at radius 3 is 2.70 bits per heavy atom. The second-order valence-corrected chi connectivity index (χ2v) is 5.60. The minimum atomic E-state index is 0. The summed E-state index contributed by atoms with van der Waals surface area (Å²) in [5.41, 5.74) is 2.56. The molecule has 1 amide bonds. The number of aryl methyl sites for hydroxylation is 1. The third-order valence-electron chi connectivity index (χ3n) is 3.83. The molecule has 1 aliphatic rings. The summed E-state index contributed by atoms with van der Waals surface area (Å²) in [5.74, 6) is 0.412. The van der Waals surface area contributed by atoms with Crippen LogP contribution in [0.4, 0.5) is 0 Å². The first kappa shape index (κ1) is 17.0. The molecule has 0 spiro atoms. The van der Waals surface area contributed by atoms with Crippen molar-refractivity contribution in [3.63, 3.8) is 0 Å². The Morgan fingerprint density at radius 1 is 1.35 bits per heavy atom.